The Hall–Kier alpha value is -14.7. The van der Waals surface area contributed by atoms with E-state index in [0.717, 1.165) is 62.4 Å². The van der Waals surface area contributed by atoms with E-state index in [0.29, 0.717) is 70.6 Å². The van der Waals surface area contributed by atoms with Gasteiger partial charge in [0.25, 0.3) is 0 Å². The monoisotopic (exact) mass is 1450 g/mol. The summed E-state index contributed by atoms with van der Waals surface area (Å²) in [6.07, 6.45) is 0. The highest BCUT2D eigenvalue weighted by Gasteiger charge is 2.33. The van der Waals surface area contributed by atoms with Crippen LogP contribution in [0.1, 0.15) is 11.1 Å². The quantitative estimate of drug-likeness (QED) is 0.0247. The van der Waals surface area contributed by atoms with Crippen LogP contribution in [0.15, 0.2) is 346 Å². The molecule has 3 heterocycles. The van der Waals surface area contributed by atoms with Gasteiger partial charge >= 0.3 is 13.8 Å². The van der Waals surface area contributed by atoms with Crippen molar-refractivity contribution in [2.45, 2.75) is 13.8 Å². The van der Waals surface area contributed by atoms with Crippen molar-refractivity contribution in [1.82, 2.24) is 44.9 Å². The number of anilines is 16. The summed E-state index contributed by atoms with van der Waals surface area (Å²) in [6.45, 7) is 4.08. The Morgan fingerprint density at radius 2 is 0.454 bits per heavy atom. The third-order valence-corrected chi connectivity index (χ3v) is 16.1. The Morgan fingerprint density at radius 1 is 0.231 bits per heavy atom. The van der Waals surface area contributed by atoms with Crippen LogP contribution in [0.2, 0.25) is 0 Å². The first-order valence-corrected chi connectivity index (χ1v) is 35.5. The standard InChI is InChI=1S/C24H24N6O.C21H18N6.C21H17N5O.C18H15O4P/c1-16-6-4-8-19(14-16)26-23-28-22(25-18-10-12-21(31-3)13-11-18)29-24(30-23)27-20-9-5-7-17(2)15-20;1-4-10-16(11-5-1)22-19-25-20(23-17-12-6-2-7-13-17)27-21(26-19)24-18-14-8-3-9-15-18;1-4-10-16(11-5-1)22-19-24-20(23-17-12-6-2-7-13-17)26-21(25-19)27-18-14-8-3-9-15-18;19-23(20-16-10-4-1-5-11-16,21-17-12-6-2-7-13-17)22-18-14-8-3-9-15-18/h4-15H,1-3H3,(H3,25,26,27,28,29,30);1-15H,(H3,22,23,24,25,26,27);1-15H,(H2,22,23,24,25,26);1-15H. The van der Waals surface area contributed by atoms with Gasteiger partial charge in [0.05, 0.1) is 7.11 Å². The number of aryl methyl sites for hydroxylation is 2. The fourth-order valence-corrected chi connectivity index (χ4v) is 11.1. The minimum Gasteiger partial charge on any atom is -0.497 e. The Labute approximate surface area is 625 Å². The van der Waals surface area contributed by atoms with E-state index in [9.17, 15) is 4.57 Å². The Morgan fingerprint density at radius 3 is 0.713 bits per heavy atom. The second kappa shape index (κ2) is 38.0. The van der Waals surface area contributed by atoms with E-state index in [2.05, 4.69) is 87.4 Å². The number of nitrogens with one attached hydrogen (secondary N) is 8. The molecule has 24 heteroatoms. The third kappa shape index (κ3) is 24.0. The molecule has 0 spiro atoms. The summed E-state index contributed by atoms with van der Waals surface area (Å²) < 4.78 is 40.6. The number of ether oxygens (including phenoxy) is 2. The molecule has 536 valence electrons. The molecule has 0 saturated heterocycles. The van der Waals surface area contributed by atoms with Gasteiger partial charge in [0.15, 0.2) is 0 Å². The Balaban J connectivity index is 0.000000135. The lowest BCUT2D eigenvalue weighted by atomic mass is 10.2. The summed E-state index contributed by atoms with van der Waals surface area (Å²) >= 11 is 0. The van der Waals surface area contributed by atoms with Crippen LogP contribution in [0.25, 0.3) is 0 Å². The Kier molecular flexibility index (Phi) is 25.7. The van der Waals surface area contributed by atoms with Crippen molar-refractivity contribution in [2.75, 3.05) is 49.6 Å². The van der Waals surface area contributed by atoms with E-state index in [1.807, 2.05) is 287 Å². The number of nitrogens with zero attached hydrogens (tertiary/aromatic N) is 9. The zero-order valence-electron chi connectivity index (χ0n) is 58.8. The highest BCUT2D eigenvalue weighted by atomic mass is 31.2. The smallest absolute Gasteiger partial charge is 0.497 e. The molecule has 0 bridgehead atoms. The maximum absolute atomic E-state index is 13.1. The minimum atomic E-state index is -3.89. The lowest BCUT2D eigenvalue weighted by Crippen LogP contribution is -2.07. The summed E-state index contributed by atoms with van der Waals surface area (Å²) in [4.78, 5) is 40.3. The van der Waals surface area contributed by atoms with Gasteiger partial charge in [0.1, 0.15) is 28.7 Å². The summed E-state index contributed by atoms with van der Waals surface area (Å²) in [5, 5.41) is 25.8. The topological polar surface area (TPSA) is 275 Å². The molecule has 0 aliphatic rings. The molecule has 12 aromatic carbocycles. The summed E-state index contributed by atoms with van der Waals surface area (Å²) in [7, 11) is -2.25. The molecule has 0 amide bonds. The van der Waals surface area contributed by atoms with Gasteiger partial charge in [-0.2, -0.15) is 49.4 Å². The number of benzene rings is 12. The van der Waals surface area contributed by atoms with Gasteiger partial charge in [-0.05, 0) is 183 Å². The molecular weight excluding hydrogens is 1370 g/mol. The van der Waals surface area contributed by atoms with Crippen LogP contribution in [-0.4, -0.2) is 52.0 Å². The van der Waals surface area contributed by atoms with Gasteiger partial charge in [0, 0.05) is 45.5 Å². The number of para-hydroxylation sites is 9. The first kappa shape index (κ1) is 73.1. The fraction of sp³-hybridized carbons (Fsp3) is 0.0357. The van der Waals surface area contributed by atoms with E-state index >= 15 is 0 Å². The van der Waals surface area contributed by atoms with Crippen LogP contribution in [0.4, 0.5) is 93.1 Å². The average molecular weight is 1450 g/mol. The average Bonchev–Trinajstić information content (AvgIpc) is 0.851. The van der Waals surface area contributed by atoms with E-state index in [4.69, 9.17) is 23.0 Å². The second-order valence-corrected chi connectivity index (χ2v) is 24.7. The molecule has 0 atom stereocenters. The summed E-state index contributed by atoms with van der Waals surface area (Å²) in [6, 6.07) is 108. The molecular formula is C84H74N17O6P. The molecule has 15 rings (SSSR count). The van der Waals surface area contributed by atoms with Crippen LogP contribution in [-0.2, 0) is 4.57 Å². The van der Waals surface area contributed by atoms with Crippen LogP contribution in [0.3, 0.4) is 0 Å². The van der Waals surface area contributed by atoms with Gasteiger partial charge in [-0.15, -0.1) is 0 Å². The first-order chi connectivity index (χ1) is 53.0. The molecule has 0 aliphatic carbocycles. The highest BCUT2D eigenvalue weighted by molar-refractivity contribution is 7.49. The largest absolute Gasteiger partial charge is 0.647 e. The van der Waals surface area contributed by atoms with Gasteiger partial charge in [-0.3, -0.25) is 0 Å². The molecule has 108 heavy (non-hydrogen) atoms. The predicted octanol–water partition coefficient (Wildman–Crippen LogP) is 21.3. The van der Waals surface area contributed by atoms with Crippen molar-refractivity contribution in [1.29, 1.82) is 0 Å². The number of hydrogen-bond acceptors (Lipinski definition) is 23. The first-order valence-electron chi connectivity index (χ1n) is 34.0. The molecule has 15 aromatic rings. The minimum absolute atomic E-state index is 0.202. The Bertz CT molecular complexity index is 4640. The van der Waals surface area contributed by atoms with Crippen LogP contribution in [0.5, 0.6) is 34.8 Å². The van der Waals surface area contributed by atoms with Crippen molar-refractivity contribution in [3.8, 4) is 34.8 Å². The third-order valence-electron chi connectivity index (χ3n) is 14.8. The summed E-state index contributed by atoms with van der Waals surface area (Å²) in [5.41, 5.74) is 9.41. The lowest BCUT2D eigenvalue weighted by molar-refractivity contribution is 0.298. The number of phosphoric acid groups is 1. The van der Waals surface area contributed by atoms with Crippen molar-refractivity contribution in [3.63, 3.8) is 0 Å². The van der Waals surface area contributed by atoms with Crippen LogP contribution >= 0.6 is 7.82 Å². The van der Waals surface area contributed by atoms with E-state index in [-0.39, 0.29) is 6.01 Å². The number of aromatic nitrogens is 9. The van der Waals surface area contributed by atoms with Crippen LogP contribution in [0, 0.1) is 13.8 Å². The molecule has 0 unspecified atom stereocenters. The maximum atomic E-state index is 13.1. The van der Waals surface area contributed by atoms with E-state index in [1.54, 1.807) is 79.9 Å². The molecule has 23 nitrogen and oxygen atoms in total. The zero-order chi connectivity index (χ0) is 74.2. The predicted molar refractivity (Wildman–Crippen MR) is 429 cm³/mol. The highest BCUT2D eigenvalue weighted by Crippen LogP contribution is 2.49. The van der Waals surface area contributed by atoms with Gasteiger partial charge in [-0.1, -0.05) is 188 Å². The zero-order valence-corrected chi connectivity index (χ0v) is 59.7. The van der Waals surface area contributed by atoms with Gasteiger partial charge in [0.2, 0.25) is 47.6 Å². The van der Waals surface area contributed by atoms with Gasteiger partial charge < -0.3 is 65.6 Å². The molecule has 0 aliphatic heterocycles. The lowest BCUT2D eigenvalue weighted by Gasteiger charge is -2.19. The molecule has 0 radical (unpaired) electrons. The van der Waals surface area contributed by atoms with Gasteiger partial charge in [-0.25, -0.2) is 0 Å². The maximum Gasteiger partial charge on any atom is 0.647 e. The molecule has 8 N–H and O–H groups in total. The number of phosphoric ester groups is 1. The van der Waals surface area contributed by atoms with Crippen molar-refractivity contribution >= 4 is 101 Å². The fourth-order valence-electron chi connectivity index (χ4n) is 9.84. The molecule has 3 aromatic heterocycles. The molecule has 0 saturated carbocycles. The second-order valence-electron chi connectivity index (χ2n) is 23.3. The number of hydrogen-bond donors (Lipinski definition) is 8. The van der Waals surface area contributed by atoms with Crippen LogP contribution < -0.4 is 65.6 Å². The SMILES string of the molecule is COc1ccc(Nc2nc(Nc3cccc(C)c3)nc(Nc3cccc(C)c3)n2)cc1.O=P(Oc1ccccc1)(Oc1ccccc1)Oc1ccccc1.c1ccc(Nc2nc(Nc3ccccc3)nc(Nc3ccccc3)n2)cc1.c1ccc(Nc2nc(Nc3ccccc3)nc(Oc3ccccc3)n2)cc1. The van der Waals surface area contributed by atoms with E-state index < -0.39 is 7.82 Å². The van der Waals surface area contributed by atoms with E-state index in [1.165, 1.54) is 0 Å². The van der Waals surface area contributed by atoms with Crippen molar-refractivity contribution in [3.05, 3.63) is 357 Å². The number of rotatable bonds is 25. The number of methoxy groups -OCH3 is 1. The van der Waals surface area contributed by atoms with Crippen molar-refractivity contribution < 1.29 is 27.6 Å². The normalized spacial score (nSPS) is 10.4. The molecule has 0 fully saturated rings. The summed E-state index contributed by atoms with van der Waals surface area (Å²) in [5.74, 6) is 6.08. The van der Waals surface area contributed by atoms with Crippen molar-refractivity contribution in [2.24, 2.45) is 0 Å².